The van der Waals surface area contributed by atoms with Gasteiger partial charge >= 0.3 is 0 Å². The van der Waals surface area contributed by atoms with Crippen LogP contribution in [0.3, 0.4) is 0 Å². The van der Waals surface area contributed by atoms with Crippen molar-refractivity contribution in [2.75, 3.05) is 5.32 Å². The highest BCUT2D eigenvalue weighted by atomic mass is 14.9. The first-order valence-electron chi connectivity index (χ1n) is 6.19. The number of aryl methyl sites for hydroxylation is 2. The smallest absolute Gasteiger partial charge is 0.125 e. The van der Waals surface area contributed by atoms with Crippen LogP contribution in [0.25, 0.3) is 11.0 Å². The van der Waals surface area contributed by atoms with Crippen molar-refractivity contribution >= 4 is 16.7 Å². The van der Waals surface area contributed by atoms with Gasteiger partial charge in [0.15, 0.2) is 0 Å². The summed E-state index contributed by atoms with van der Waals surface area (Å²) >= 11 is 0. The van der Waals surface area contributed by atoms with Crippen molar-refractivity contribution in [1.29, 1.82) is 0 Å². The van der Waals surface area contributed by atoms with Crippen molar-refractivity contribution in [3.63, 3.8) is 0 Å². The Bertz CT molecular complexity index is 717. The first-order valence-corrected chi connectivity index (χ1v) is 6.19. The molecular formula is C14H15N5. The fourth-order valence-electron chi connectivity index (χ4n) is 2.04. The molecule has 96 valence electrons. The van der Waals surface area contributed by atoms with Crippen LogP contribution in [0.5, 0.6) is 0 Å². The normalized spacial score (nSPS) is 10.8. The Morgan fingerprint density at radius 3 is 2.89 bits per heavy atom. The average molecular weight is 253 g/mol. The van der Waals surface area contributed by atoms with Crippen LogP contribution in [-0.4, -0.2) is 19.9 Å². The van der Waals surface area contributed by atoms with Crippen molar-refractivity contribution in [2.24, 2.45) is 0 Å². The molecule has 5 heteroatoms. The minimum atomic E-state index is 0.683. The third-order valence-corrected chi connectivity index (χ3v) is 2.91. The van der Waals surface area contributed by atoms with Crippen molar-refractivity contribution in [3.05, 3.63) is 47.8 Å². The number of H-pyrrole nitrogens is 1. The molecule has 3 aromatic rings. The molecule has 0 amide bonds. The average Bonchev–Trinajstić information content (AvgIpc) is 2.75. The number of imidazole rings is 1. The second-order valence-electron chi connectivity index (χ2n) is 4.50. The minimum absolute atomic E-state index is 0.683. The van der Waals surface area contributed by atoms with Gasteiger partial charge in [-0.15, -0.1) is 0 Å². The van der Waals surface area contributed by atoms with E-state index >= 15 is 0 Å². The molecule has 0 fully saturated rings. The van der Waals surface area contributed by atoms with Gasteiger partial charge < -0.3 is 10.3 Å². The Labute approximate surface area is 111 Å². The van der Waals surface area contributed by atoms with E-state index in [9.17, 15) is 0 Å². The van der Waals surface area contributed by atoms with Crippen LogP contribution in [0.4, 0.5) is 5.69 Å². The fourth-order valence-corrected chi connectivity index (χ4v) is 2.04. The number of hydrogen-bond donors (Lipinski definition) is 2. The van der Waals surface area contributed by atoms with E-state index in [0.717, 1.165) is 34.1 Å². The highest BCUT2D eigenvalue weighted by molar-refractivity contribution is 5.79. The van der Waals surface area contributed by atoms with Gasteiger partial charge in [0.2, 0.25) is 0 Å². The van der Waals surface area contributed by atoms with Gasteiger partial charge in [-0.05, 0) is 38.1 Å². The van der Waals surface area contributed by atoms with Crippen LogP contribution < -0.4 is 5.32 Å². The summed E-state index contributed by atoms with van der Waals surface area (Å²) < 4.78 is 0. The topological polar surface area (TPSA) is 66.5 Å². The third-order valence-electron chi connectivity index (χ3n) is 2.91. The molecule has 0 atom stereocenters. The molecule has 0 aliphatic heterocycles. The Balaban J connectivity index is 1.78. The van der Waals surface area contributed by atoms with E-state index in [1.165, 1.54) is 0 Å². The van der Waals surface area contributed by atoms with Crippen LogP contribution in [0.2, 0.25) is 0 Å². The molecule has 0 aliphatic carbocycles. The summed E-state index contributed by atoms with van der Waals surface area (Å²) in [6.07, 6.45) is 1.78. The second kappa shape index (κ2) is 4.68. The molecule has 1 aromatic carbocycles. The summed E-state index contributed by atoms with van der Waals surface area (Å²) in [6, 6.07) is 8.01. The van der Waals surface area contributed by atoms with E-state index in [-0.39, 0.29) is 0 Å². The van der Waals surface area contributed by atoms with Crippen LogP contribution in [-0.2, 0) is 6.54 Å². The van der Waals surface area contributed by atoms with Crippen LogP contribution in [0.1, 0.15) is 17.3 Å². The van der Waals surface area contributed by atoms with Crippen molar-refractivity contribution < 1.29 is 0 Å². The maximum Gasteiger partial charge on any atom is 0.125 e. The lowest BCUT2D eigenvalue weighted by Crippen LogP contribution is -2.03. The maximum atomic E-state index is 4.38. The monoisotopic (exact) mass is 253 g/mol. The van der Waals surface area contributed by atoms with E-state index in [1.807, 2.05) is 32.0 Å². The summed E-state index contributed by atoms with van der Waals surface area (Å²) in [4.78, 5) is 16.1. The fraction of sp³-hybridized carbons (Fsp3) is 0.214. The number of nitrogens with zero attached hydrogens (tertiary/aromatic N) is 3. The Hall–Kier alpha value is -2.43. The van der Waals surface area contributed by atoms with Gasteiger partial charge in [0.1, 0.15) is 11.6 Å². The van der Waals surface area contributed by atoms with Crippen LogP contribution in [0, 0.1) is 13.8 Å². The first-order chi connectivity index (χ1) is 9.20. The molecule has 0 aliphatic rings. The zero-order valence-electron chi connectivity index (χ0n) is 10.9. The van der Waals surface area contributed by atoms with Gasteiger partial charge in [-0.2, -0.15) is 0 Å². The van der Waals surface area contributed by atoms with E-state index < -0.39 is 0 Å². The zero-order valence-corrected chi connectivity index (χ0v) is 10.9. The van der Waals surface area contributed by atoms with Gasteiger partial charge in [0, 0.05) is 11.9 Å². The number of fused-ring (bicyclic) bond motifs is 1. The molecule has 19 heavy (non-hydrogen) atoms. The second-order valence-corrected chi connectivity index (χ2v) is 4.50. The van der Waals surface area contributed by atoms with E-state index in [4.69, 9.17) is 0 Å². The molecule has 0 saturated heterocycles. The molecule has 0 spiro atoms. The summed E-state index contributed by atoms with van der Waals surface area (Å²) in [5.41, 5.74) is 4.06. The minimum Gasteiger partial charge on any atom is -0.379 e. The molecule has 5 nitrogen and oxygen atoms in total. The predicted octanol–water partition coefficient (Wildman–Crippen LogP) is 2.58. The van der Waals surface area contributed by atoms with Crippen LogP contribution in [0.15, 0.2) is 30.5 Å². The number of nitrogens with one attached hydrogen (secondary N) is 2. The number of aromatic amines is 1. The third kappa shape index (κ3) is 2.54. The predicted molar refractivity (Wildman–Crippen MR) is 74.9 cm³/mol. The number of hydrogen-bond acceptors (Lipinski definition) is 4. The Morgan fingerprint density at radius 2 is 2.05 bits per heavy atom. The summed E-state index contributed by atoms with van der Waals surface area (Å²) in [7, 11) is 0. The molecule has 2 aromatic heterocycles. The molecule has 0 radical (unpaired) electrons. The highest BCUT2D eigenvalue weighted by Gasteiger charge is 2.01. The van der Waals surface area contributed by atoms with Crippen molar-refractivity contribution in [3.8, 4) is 0 Å². The van der Waals surface area contributed by atoms with Gasteiger partial charge in [-0.25, -0.2) is 15.0 Å². The van der Waals surface area contributed by atoms with Gasteiger partial charge in [-0.1, -0.05) is 0 Å². The number of benzene rings is 1. The van der Waals surface area contributed by atoms with E-state index in [1.54, 1.807) is 6.20 Å². The first kappa shape index (κ1) is 11.6. The molecule has 0 bridgehead atoms. The molecule has 3 rings (SSSR count). The molecular weight excluding hydrogens is 238 g/mol. The standard InChI is InChI=1S/C14H15N5/c1-9-15-6-5-12(17-9)8-16-11-3-4-13-14(7-11)19-10(2)18-13/h3-7,16H,8H2,1-2H3,(H,18,19). The largest absolute Gasteiger partial charge is 0.379 e. The van der Waals surface area contributed by atoms with Crippen LogP contribution >= 0.6 is 0 Å². The molecule has 2 heterocycles. The van der Waals surface area contributed by atoms with Crippen molar-refractivity contribution in [1.82, 2.24) is 19.9 Å². The lowest BCUT2D eigenvalue weighted by molar-refractivity contribution is 0.955. The SMILES string of the molecule is Cc1nccc(CNc2ccc3nc(C)[nH]c3c2)n1. The Kier molecular flexibility index (Phi) is 2.87. The quantitative estimate of drug-likeness (QED) is 0.753. The van der Waals surface area contributed by atoms with Gasteiger partial charge in [0.25, 0.3) is 0 Å². The number of anilines is 1. The highest BCUT2D eigenvalue weighted by Crippen LogP contribution is 2.17. The zero-order chi connectivity index (χ0) is 13.2. The lowest BCUT2D eigenvalue weighted by Gasteiger charge is -2.06. The number of rotatable bonds is 3. The van der Waals surface area contributed by atoms with E-state index in [2.05, 4.69) is 31.3 Å². The molecule has 2 N–H and O–H groups in total. The number of aromatic nitrogens is 4. The summed E-state index contributed by atoms with van der Waals surface area (Å²) in [6.45, 7) is 4.53. The van der Waals surface area contributed by atoms with Gasteiger partial charge in [0.05, 0.1) is 23.3 Å². The maximum absolute atomic E-state index is 4.38. The van der Waals surface area contributed by atoms with Gasteiger partial charge in [-0.3, -0.25) is 0 Å². The lowest BCUT2D eigenvalue weighted by atomic mass is 10.2. The summed E-state index contributed by atoms with van der Waals surface area (Å²) in [5.74, 6) is 1.72. The Morgan fingerprint density at radius 1 is 1.16 bits per heavy atom. The van der Waals surface area contributed by atoms with E-state index in [0.29, 0.717) is 6.54 Å². The summed E-state index contributed by atoms with van der Waals surface area (Å²) in [5, 5.41) is 3.35. The molecule has 0 saturated carbocycles. The molecule has 0 unspecified atom stereocenters. The van der Waals surface area contributed by atoms with Crippen molar-refractivity contribution in [2.45, 2.75) is 20.4 Å².